The van der Waals surface area contributed by atoms with E-state index in [2.05, 4.69) is 62.0 Å². The summed E-state index contributed by atoms with van der Waals surface area (Å²) in [7, 11) is 3.26. The fourth-order valence-electron chi connectivity index (χ4n) is 4.37. The van der Waals surface area contributed by atoms with Gasteiger partial charge in [0.2, 0.25) is 17.4 Å². The van der Waals surface area contributed by atoms with Crippen molar-refractivity contribution in [2.24, 2.45) is 34.6 Å². The topological polar surface area (TPSA) is 208 Å². The quantitative estimate of drug-likeness (QED) is 0.159. The minimum atomic E-state index is -0.321. The smallest absolute Gasteiger partial charge is 0.492 e. The monoisotopic (exact) mass is 715 g/mol. The predicted molar refractivity (Wildman–Crippen MR) is 179 cm³/mol. The number of aromatic nitrogens is 8. The number of hydrogen-bond donors (Lipinski definition) is 2. The SMILES string of the molecule is Cn1nc(C(C)(C)C)c(N=Nc2[n-]nc(C(C)(C)C)c2C#N)c1O.[C-]#[N+]c1c(C(C)(C)C)n[n-]c1N=Nc1c(C(C)(C)C)nn(C)c1O.[Co+2]. The number of rotatable bonds is 4. The average Bonchev–Trinajstić information content (AvgIpc) is 3.70. The van der Waals surface area contributed by atoms with E-state index >= 15 is 0 Å². The summed E-state index contributed by atoms with van der Waals surface area (Å²) in [6.45, 7) is 30.9. The first-order valence-corrected chi connectivity index (χ1v) is 15.1. The summed E-state index contributed by atoms with van der Waals surface area (Å²) >= 11 is 0. The van der Waals surface area contributed by atoms with E-state index in [4.69, 9.17) is 6.57 Å². The molecule has 49 heavy (non-hydrogen) atoms. The van der Waals surface area contributed by atoms with Crippen molar-refractivity contribution in [3.63, 3.8) is 0 Å². The van der Waals surface area contributed by atoms with Crippen LogP contribution in [-0.2, 0) is 52.5 Å². The Labute approximate surface area is 297 Å². The molecule has 0 spiro atoms. The molecule has 0 saturated carbocycles. The summed E-state index contributed by atoms with van der Waals surface area (Å²) in [5, 5.41) is 70.7. The molecule has 0 atom stereocenters. The summed E-state index contributed by atoms with van der Waals surface area (Å²) in [4.78, 5) is 3.50. The number of nitrogens with zero attached hydrogens (tertiary/aromatic N) is 14. The zero-order chi connectivity index (χ0) is 36.6. The van der Waals surface area contributed by atoms with Crippen molar-refractivity contribution in [3.8, 4) is 17.8 Å². The predicted octanol–water partition coefficient (Wildman–Crippen LogP) is 7.40. The molecule has 0 unspecified atom stereocenters. The number of aromatic hydroxyl groups is 2. The van der Waals surface area contributed by atoms with Gasteiger partial charge in [-0.05, 0) is 17.1 Å². The van der Waals surface area contributed by atoms with Crippen molar-refractivity contribution in [1.82, 2.24) is 40.0 Å². The van der Waals surface area contributed by atoms with Crippen molar-refractivity contribution in [3.05, 3.63) is 39.8 Å². The minimum absolute atomic E-state index is 0. The van der Waals surface area contributed by atoms with Crippen LogP contribution in [0.5, 0.6) is 11.8 Å². The average molecular weight is 716 g/mol. The Morgan fingerprint density at radius 3 is 1.39 bits per heavy atom. The van der Waals surface area contributed by atoms with E-state index in [1.165, 1.54) is 9.36 Å². The molecule has 17 heteroatoms. The van der Waals surface area contributed by atoms with E-state index < -0.39 is 0 Å². The Kier molecular flexibility index (Phi) is 11.8. The van der Waals surface area contributed by atoms with Gasteiger partial charge >= 0.3 is 16.8 Å². The number of hydrogen-bond acceptors (Lipinski definition) is 11. The third-order valence-electron chi connectivity index (χ3n) is 6.93. The Morgan fingerprint density at radius 2 is 1.02 bits per heavy atom. The molecular weight excluding hydrogens is 671 g/mol. The van der Waals surface area contributed by atoms with Gasteiger partial charge < -0.3 is 30.6 Å². The van der Waals surface area contributed by atoms with E-state index in [1.807, 2.05) is 83.1 Å². The zero-order valence-corrected chi connectivity index (χ0v) is 31.5. The second-order valence-electron chi connectivity index (χ2n) is 15.4. The molecule has 0 aliphatic rings. The van der Waals surface area contributed by atoms with Crippen LogP contribution in [0.4, 0.5) is 28.7 Å². The van der Waals surface area contributed by atoms with Gasteiger partial charge in [-0.2, -0.15) is 15.5 Å². The van der Waals surface area contributed by atoms with Crippen LogP contribution < -0.4 is 10.2 Å². The Bertz CT molecular complexity index is 1790. The summed E-state index contributed by atoms with van der Waals surface area (Å²) in [6.07, 6.45) is 0. The molecule has 0 fully saturated rings. The summed E-state index contributed by atoms with van der Waals surface area (Å²) < 4.78 is 2.69. The third-order valence-corrected chi connectivity index (χ3v) is 6.93. The molecule has 0 aliphatic carbocycles. The van der Waals surface area contributed by atoms with Gasteiger partial charge in [0.1, 0.15) is 17.4 Å². The molecule has 0 aliphatic heterocycles. The Hall–Kier alpha value is -4.87. The standard InChI is InChI=1S/2C16H22N7O.Co/c1-15(2,3)11-9(17-7)13(21-19-11)20-18-10-12(16(4,5)6)22-23(8)14(10)24;1-15(2,3)11-9(8-17)13(21-19-11)20-18-10-12(16(4,5)6)22-23(7)14(10)24;/h1-6,8H3,(H-,18,19,20,21,22,24);1-7H3,(H-,18,19,20,21,22,24);/q2*-1;+2. The van der Waals surface area contributed by atoms with E-state index in [1.54, 1.807) is 14.1 Å². The molecule has 4 rings (SSSR count). The van der Waals surface area contributed by atoms with Crippen LogP contribution in [0.2, 0.25) is 0 Å². The number of nitriles is 1. The first kappa shape index (κ1) is 40.3. The van der Waals surface area contributed by atoms with Crippen LogP contribution in [0.1, 0.15) is 111 Å². The molecule has 0 amide bonds. The molecule has 4 heterocycles. The van der Waals surface area contributed by atoms with Gasteiger partial charge in [0.15, 0.2) is 0 Å². The van der Waals surface area contributed by atoms with Crippen LogP contribution in [0.25, 0.3) is 4.85 Å². The van der Waals surface area contributed by atoms with E-state index in [0.717, 1.165) is 0 Å². The van der Waals surface area contributed by atoms with Crippen LogP contribution in [0.15, 0.2) is 20.5 Å². The molecule has 2 N–H and O–H groups in total. The van der Waals surface area contributed by atoms with Crippen molar-refractivity contribution in [2.45, 2.75) is 105 Å². The van der Waals surface area contributed by atoms with E-state index in [-0.39, 0.29) is 78.9 Å². The number of aryl methyl sites for hydroxylation is 2. The van der Waals surface area contributed by atoms with Crippen molar-refractivity contribution in [1.29, 1.82) is 5.26 Å². The summed E-state index contributed by atoms with van der Waals surface area (Å²) in [6, 6.07) is 2.09. The molecule has 1 radical (unpaired) electrons. The van der Waals surface area contributed by atoms with Gasteiger partial charge in [-0.25, -0.2) is 14.2 Å². The van der Waals surface area contributed by atoms with Gasteiger partial charge in [0, 0.05) is 30.3 Å². The van der Waals surface area contributed by atoms with Crippen molar-refractivity contribution >= 4 is 28.7 Å². The summed E-state index contributed by atoms with van der Waals surface area (Å²) in [5.74, 6) is 0.130. The van der Waals surface area contributed by atoms with E-state index in [0.29, 0.717) is 28.3 Å². The summed E-state index contributed by atoms with van der Waals surface area (Å²) in [5.41, 5.74) is 2.25. The fourth-order valence-corrected chi connectivity index (χ4v) is 4.37. The normalized spacial score (nSPS) is 12.5. The molecule has 0 aromatic carbocycles. The van der Waals surface area contributed by atoms with Crippen LogP contribution in [-0.4, -0.2) is 40.0 Å². The van der Waals surface area contributed by atoms with Gasteiger partial charge in [-0.15, -0.1) is 0 Å². The van der Waals surface area contributed by atoms with Gasteiger partial charge in [0.05, 0.1) is 34.9 Å². The van der Waals surface area contributed by atoms with Crippen LogP contribution in [0.3, 0.4) is 0 Å². The Balaban J connectivity index is 0.000000333. The zero-order valence-electron chi connectivity index (χ0n) is 30.5. The second-order valence-corrected chi connectivity index (χ2v) is 15.4. The largest absolute Gasteiger partial charge is 2.00 e. The molecule has 4 aromatic rings. The maximum Gasteiger partial charge on any atom is 2.00 e. The molecule has 0 bridgehead atoms. The van der Waals surface area contributed by atoms with Crippen molar-refractivity contribution in [2.75, 3.05) is 0 Å². The van der Waals surface area contributed by atoms with Crippen molar-refractivity contribution < 1.29 is 27.0 Å². The maximum atomic E-state index is 10.2. The molecular formula is C32H44CoN14O2. The van der Waals surface area contributed by atoms with Gasteiger partial charge in [-0.1, -0.05) is 83.1 Å². The first-order valence-electron chi connectivity index (χ1n) is 15.1. The Morgan fingerprint density at radius 1 is 0.653 bits per heavy atom. The van der Waals surface area contributed by atoms with Crippen LogP contribution in [0, 0.1) is 17.9 Å². The van der Waals surface area contributed by atoms with E-state index in [9.17, 15) is 15.5 Å². The molecule has 0 saturated heterocycles. The van der Waals surface area contributed by atoms with Gasteiger partial charge in [0.25, 0.3) is 0 Å². The second kappa shape index (κ2) is 14.3. The first-order chi connectivity index (χ1) is 21.9. The van der Waals surface area contributed by atoms with Gasteiger partial charge in [-0.3, -0.25) is 20.4 Å². The maximum absolute atomic E-state index is 10.2. The molecule has 16 nitrogen and oxygen atoms in total. The molecule has 4 aromatic heterocycles. The fraction of sp³-hybridized carbons (Fsp3) is 0.562. The minimum Gasteiger partial charge on any atom is -0.492 e. The number of azo groups is 2. The molecule has 263 valence electrons. The van der Waals surface area contributed by atoms with Crippen LogP contribution >= 0.6 is 0 Å². The third kappa shape index (κ3) is 8.78.